The minimum atomic E-state index is -3.38. The molecular formula is C21H33IN6O2S. The molecule has 31 heavy (non-hydrogen) atoms. The van der Waals surface area contributed by atoms with E-state index in [0.717, 1.165) is 36.6 Å². The monoisotopic (exact) mass is 560 g/mol. The van der Waals surface area contributed by atoms with E-state index in [4.69, 9.17) is 0 Å². The first-order valence-electron chi connectivity index (χ1n) is 10.3. The lowest BCUT2D eigenvalue weighted by Gasteiger charge is -2.22. The van der Waals surface area contributed by atoms with Crippen LogP contribution in [0.15, 0.2) is 41.7 Å². The molecule has 1 aliphatic heterocycles. The highest BCUT2D eigenvalue weighted by Crippen LogP contribution is 2.26. The normalized spacial score (nSPS) is 17.1. The molecule has 3 rings (SSSR count). The Morgan fingerprint density at radius 3 is 2.61 bits per heavy atom. The van der Waals surface area contributed by atoms with Crippen molar-refractivity contribution in [3.63, 3.8) is 0 Å². The predicted molar refractivity (Wildman–Crippen MR) is 135 cm³/mol. The summed E-state index contributed by atoms with van der Waals surface area (Å²) >= 11 is 0. The quantitative estimate of drug-likeness (QED) is 0.309. The number of hydrogen-bond donors (Lipinski definition) is 2. The number of aryl methyl sites for hydroxylation is 1. The zero-order valence-electron chi connectivity index (χ0n) is 18.6. The summed E-state index contributed by atoms with van der Waals surface area (Å²) < 4.78 is 29.2. The number of sulfonamides is 1. The van der Waals surface area contributed by atoms with E-state index < -0.39 is 10.0 Å². The lowest BCUT2D eigenvalue weighted by atomic mass is 10.0. The fraction of sp³-hybridized carbons (Fsp3) is 0.524. The van der Waals surface area contributed by atoms with E-state index in [-0.39, 0.29) is 35.8 Å². The van der Waals surface area contributed by atoms with E-state index in [1.54, 1.807) is 7.05 Å². The Hall–Kier alpha value is -1.66. The van der Waals surface area contributed by atoms with Crippen LogP contribution in [0.3, 0.4) is 0 Å². The van der Waals surface area contributed by atoms with Gasteiger partial charge in [-0.2, -0.15) is 5.10 Å². The zero-order chi connectivity index (χ0) is 21.7. The molecule has 0 amide bonds. The summed E-state index contributed by atoms with van der Waals surface area (Å²) in [5, 5.41) is 7.69. The van der Waals surface area contributed by atoms with Gasteiger partial charge in [-0.3, -0.25) is 9.67 Å². The maximum Gasteiger partial charge on any atom is 0.216 e. The van der Waals surface area contributed by atoms with Gasteiger partial charge in [-0.25, -0.2) is 13.1 Å². The average molecular weight is 561 g/mol. The molecule has 172 valence electrons. The largest absolute Gasteiger partial charge is 0.352 e. The maximum absolute atomic E-state index is 12.4. The minimum absolute atomic E-state index is 0. The first kappa shape index (κ1) is 25.6. The number of hydrogen-bond acceptors (Lipinski definition) is 4. The molecule has 1 atom stereocenters. The van der Waals surface area contributed by atoms with E-state index in [2.05, 4.69) is 31.2 Å². The number of benzene rings is 1. The van der Waals surface area contributed by atoms with Crippen molar-refractivity contribution < 1.29 is 8.42 Å². The summed E-state index contributed by atoms with van der Waals surface area (Å²) in [6.07, 6.45) is 5.07. The van der Waals surface area contributed by atoms with Crippen LogP contribution in [0, 0.1) is 0 Å². The van der Waals surface area contributed by atoms with Gasteiger partial charge in [-0.1, -0.05) is 24.3 Å². The van der Waals surface area contributed by atoms with Crippen LogP contribution in [0.4, 0.5) is 0 Å². The number of guanidine groups is 1. The van der Waals surface area contributed by atoms with Gasteiger partial charge >= 0.3 is 0 Å². The Morgan fingerprint density at radius 2 is 2.00 bits per heavy atom. The smallest absolute Gasteiger partial charge is 0.216 e. The van der Waals surface area contributed by atoms with Crippen molar-refractivity contribution in [1.29, 1.82) is 0 Å². The van der Waals surface area contributed by atoms with Gasteiger partial charge in [-0.15, -0.1) is 24.0 Å². The zero-order valence-corrected chi connectivity index (χ0v) is 21.7. The second kappa shape index (κ2) is 11.3. The molecule has 0 radical (unpaired) electrons. The van der Waals surface area contributed by atoms with Crippen molar-refractivity contribution in [2.24, 2.45) is 12.0 Å². The van der Waals surface area contributed by atoms with Crippen LogP contribution in [-0.2, 0) is 29.4 Å². The molecule has 1 aliphatic rings. The van der Waals surface area contributed by atoms with Gasteiger partial charge in [0, 0.05) is 51.9 Å². The summed E-state index contributed by atoms with van der Waals surface area (Å²) in [5.74, 6) is 1.24. The summed E-state index contributed by atoms with van der Waals surface area (Å²) in [4.78, 5) is 6.69. The van der Waals surface area contributed by atoms with Gasteiger partial charge in [0.05, 0.1) is 11.9 Å². The molecule has 1 unspecified atom stereocenters. The molecule has 1 aromatic carbocycles. The molecule has 0 spiro atoms. The van der Waals surface area contributed by atoms with E-state index in [1.807, 2.05) is 56.0 Å². The molecule has 2 N–H and O–H groups in total. The van der Waals surface area contributed by atoms with Crippen molar-refractivity contribution in [2.75, 3.05) is 20.1 Å². The van der Waals surface area contributed by atoms with Gasteiger partial charge in [0.1, 0.15) is 0 Å². The van der Waals surface area contributed by atoms with Gasteiger partial charge in [0.25, 0.3) is 0 Å². The van der Waals surface area contributed by atoms with Crippen molar-refractivity contribution >= 4 is 40.0 Å². The molecule has 2 heterocycles. The highest BCUT2D eigenvalue weighted by atomic mass is 127. The Labute approximate surface area is 202 Å². The van der Waals surface area contributed by atoms with Gasteiger partial charge < -0.3 is 10.2 Å². The number of rotatable bonds is 7. The third-order valence-corrected chi connectivity index (χ3v) is 6.73. The molecule has 0 saturated carbocycles. The second-order valence-corrected chi connectivity index (χ2v) is 9.83. The number of halogens is 1. The Balaban J connectivity index is 0.00000341. The predicted octanol–water partition coefficient (Wildman–Crippen LogP) is 2.43. The van der Waals surface area contributed by atoms with Crippen LogP contribution >= 0.6 is 24.0 Å². The third-order valence-electron chi connectivity index (χ3n) is 5.21. The topological polar surface area (TPSA) is 91.6 Å². The highest BCUT2D eigenvalue weighted by Gasteiger charge is 2.27. The third kappa shape index (κ3) is 7.18. The van der Waals surface area contributed by atoms with E-state index in [0.29, 0.717) is 12.5 Å². The Bertz CT molecular complexity index is 989. The number of aromatic nitrogens is 2. The van der Waals surface area contributed by atoms with Crippen LogP contribution in [0.25, 0.3) is 0 Å². The van der Waals surface area contributed by atoms with Crippen LogP contribution in [-0.4, -0.2) is 55.2 Å². The standard InChI is InChI=1S/C21H32N6O2S.HI/c1-16(2)25-30(28,29)15-19-8-6-5-7-17(19)11-23-21(22-3)27-10-9-18(14-27)20-12-24-26(4)13-20;/h5-8,12-13,16,18,25H,9-11,14-15H2,1-4H3,(H,22,23);1H. The minimum Gasteiger partial charge on any atom is -0.352 e. The van der Waals surface area contributed by atoms with Crippen molar-refractivity contribution in [2.45, 2.75) is 44.5 Å². The highest BCUT2D eigenvalue weighted by molar-refractivity contribution is 14.0. The lowest BCUT2D eigenvalue weighted by molar-refractivity contribution is 0.485. The summed E-state index contributed by atoms with van der Waals surface area (Å²) in [6.45, 7) is 5.98. The van der Waals surface area contributed by atoms with Crippen LogP contribution < -0.4 is 10.0 Å². The first-order chi connectivity index (χ1) is 14.3. The maximum atomic E-state index is 12.4. The van der Waals surface area contributed by atoms with Crippen LogP contribution in [0.5, 0.6) is 0 Å². The van der Waals surface area contributed by atoms with Gasteiger partial charge in [0.2, 0.25) is 10.0 Å². The van der Waals surface area contributed by atoms with E-state index in [9.17, 15) is 8.42 Å². The lowest BCUT2D eigenvalue weighted by Crippen LogP contribution is -2.39. The molecule has 1 fully saturated rings. The van der Waals surface area contributed by atoms with E-state index in [1.165, 1.54) is 5.56 Å². The number of likely N-dealkylation sites (tertiary alicyclic amines) is 1. The molecular weight excluding hydrogens is 527 g/mol. The molecule has 1 aromatic heterocycles. The number of aliphatic imine (C=N–C) groups is 1. The number of nitrogens with one attached hydrogen (secondary N) is 2. The van der Waals surface area contributed by atoms with Crippen molar-refractivity contribution in [3.8, 4) is 0 Å². The molecule has 0 aliphatic carbocycles. The van der Waals surface area contributed by atoms with Gasteiger partial charge in [0.15, 0.2) is 5.96 Å². The second-order valence-electron chi connectivity index (χ2n) is 8.08. The Kier molecular flexibility index (Phi) is 9.31. The van der Waals surface area contributed by atoms with Crippen molar-refractivity contribution in [1.82, 2.24) is 24.7 Å². The molecule has 1 saturated heterocycles. The first-order valence-corrected chi connectivity index (χ1v) is 11.9. The number of nitrogens with zero attached hydrogens (tertiary/aromatic N) is 4. The summed E-state index contributed by atoms with van der Waals surface area (Å²) in [6, 6.07) is 7.51. The molecule has 2 aromatic rings. The fourth-order valence-electron chi connectivity index (χ4n) is 3.86. The summed E-state index contributed by atoms with van der Waals surface area (Å²) in [5.41, 5.74) is 3.00. The summed E-state index contributed by atoms with van der Waals surface area (Å²) in [7, 11) is 0.338. The van der Waals surface area contributed by atoms with Gasteiger partial charge in [-0.05, 0) is 37.0 Å². The average Bonchev–Trinajstić information content (AvgIpc) is 3.31. The SMILES string of the molecule is CN=C(NCc1ccccc1CS(=O)(=O)NC(C)C)N1CCC(c2cnn(C)c2)C1.I. The van der Waals surface area contributed by atoms with Crippen LogP contribution in [0.1, 0.15) is 42.9 Å². The molecule has 10 heteroatoms. The Morgan fingerprint density at radius 1 is 1.29 bits per heavy atom. The van der Waals surface area contributed by atoms with E-state index >= 15 is 0 Å². The van der Waals surface area contributed by atoms with Crippen LogP contribution in [0.2, 0.25) is 0 Å². The fourth-order valence-corrected chi connectivity index (χ4v) is 5.35. The van der Waals surface area contributed by atoms with Crippen molar-refractivity contribution in [3.05, 3.63) is 53.3 Å². The molecule has 8 nitrogen and oxygen atoms in total. The molecule has 0 bridgehead atoms.